The largest absolute Gasteiger partial charge is 0.444 e. The van der Waals surface area contributed by atoms with Crippen LogP contribution in [0.5, 0.6) is 0 Å². The van der Waals surface area contributed by atoms with Crippen LogP contribution in [0.2, 0.25) is 0 Å². The Morgan fingerprint density at radius 1 is 1.30 bits per heavy atom. The topological polar surface area (TPSA) is 50.4 Å². The molecule has 0 aliphatic rings. The van der Waals surface area contributed by atoms with Gasteiger partial charge in [0.2, 0.25) is 0 Å². The molecule has 0 fully saturated rings. The minimum absolute atomic E-state index is 0.178. The molecule has 1 aromatic rings. The summed E-state index contributed by atoms with van der Waals surface area (Å²) in [5, 5.41) is 6.06. The molecule has 4 nitrogen and oxygen atoms in total. The van der Waals surface area contributed by atoms with E-state index in [1.54, 1.807) is 12.1 Å². The maximum atomic E-state index is 14.0. The number of rotatable bonds is 5. The molecule has 0 bridgehead atoms. The van der Waals surface area contributed by atoms with Crippen molar-refractivity contribution in [2.24, 2.45) is 0 Å². The van der Waals surface area contributed by atoms with E-state index in [0.717, 1.165) is 0 Å². The fourth-order valence-corrected chi connectivity index (χ4v) is 2.33. The van der Waals surface area contributed by atoms with Crippen LogP contribution >= 0.6 is 15.9 Å². The summed E-state index contributed by atoms with van der Waals surface area (Å²) < 4.78 is 19.9. The van der Waals surface area contributed by atoms with Crippen molar-refractivity contribution in [3.05, 3.63) is 34.1 Å². The van der Waals surface area contributed by atoms with Gasteiger partial charge in [0.1, 0.15) is 11.4 Å². The van der Waals surface area contributed by atoms with Gasteiger partial charge in [0.25, 0.3) is 0 Å². The Labute approximate surface area is 146 Å². The van der Waals surface area contributed by atoms with Crippen molar-refractivity contribution in [2.75, 3.05) is 6.54 Å². The number of hydrogen-bond donors (Lipinski definition) is 2. The third kappa shape index (κ3) is 7.31. The highest BCUT2D eigenvalue weighted by atomic mass is 79.9. The van der Waals surface area contributed by atoms with Crippen molar-refractivity contribution in [2.45, 2.75) is 58.7 Å². The number of halogens is 2. The Morgan fingerprint density at radius 2 is 1.91 bits per heavy atom. The van der Waals surface area contributed by atoms with E-state index in [4.69, 9.17) is 4.74 Å². The Hall–Kier alpha value is -1.14. The molecule has 130 valence electrons. The van der Waals surface area contributed by atoms with Gasteiger partial charge in [-0.3, -0.25) is 0 Å². The van der Waals surface area contributed by atoms with Gasteiger partial charge in [0.05, 0.1) is 5.54 Å². The molecule has 1 rings (SSSR count). The third-order valence-corrected chi connectivity index (χ3v) is 3.61. The van der Waals surface area contributed by atoms with Crippen LogP contribution in [0, 0.1) is 5.82 Å². The maximum Gasteiger partial charge on any atom is 0.408 e. The number of ether oxygens (including phenoxy) is 1. The lowest BCUT2D eigenvalue weighted by Gasteiger charge is -2.30. The van der Waals surface area contributed by atoms with Gasteiger partial charge < -0.3 is 15.4 Å². The molecule has 1 unspecified atom stereocenters. The normalized spacial score (nSPS) is 13.6. The van der Waals surface area contributed by atoms with Crippen LogP contribution in [0.25, 0.3) is 0 Å². The number of alkyl carbamates (subject to hydrolysis) is 1. The van der Waals surface area contributed by atoms with Gasteiger partial charge in [-0.2, -0.15) is 0 Å². The summed E-state index contributed by atoms with van der Waals surface area (Å²) >= 11 is 3.25. The molecular formula is C17H26BrFN2O2. The molecule has 0 aliphatic carbocycles. The highest BCUT2D eigenvalue weighted by Gasteiger charge is 2.25. The zero-order valence-electron chi connectivity index (χ0n) is 14.6. The number of carbonyl (C=O) groups excluding carboxylic acids is 1. The first-order valence-electron chi connectivity index (χ1n) is 7.59. The Kier molecular flexibility index (Phi) is 6.59. The van der Waals surface area contributed by atoms with Crippen LogP contribution in [0.3, 0.4) is 0 Å². The first-order valence-corrected chi connectivity index (χ1v) is 8.38. The molecule has 0 aromatic heterocycles. The molecule has 0 saturated carbocycles. The van der Waals surface area contributed by atoms with E-state index in [9.17, 15) is 9.18 Å². The van der Waals surface area contributed by atoms with E-state index in [2.05, 4.69) is 26.6 Å². The summed E-state index contributed by atoms with van der Waals surface area (Å²) in [6, 6.07) is 4.81. The van der Waals surface area contributed by atoms with Crippen molar-refractivity contribution in [1.82, 2.24) is 10.6 Å². The maximum absolute atomic E-state index is 14.0. The molecule has 0 saturated heterocycles. The average Bonchev–Trinajstić information content (AvgIpc) is 2.32. The second-order valence-electron chi connectivity index (χ2n) is 7.28. The zero-order valence-corrected chi connectivity index (χ0v) is 16.2. The van der Waals surface area contributed by atoms with E-state index < -0.39 is 17.2 Å². The van der Waals surface area contributed by atoms with Crippen molar-refractivity contribution in [1.29, 1.82) is 0 Å². The van der Waals surface area contributed by atoms with E-state index in [1.165, 1.54) is 6.07 Å². The summed E-state index contributed by atoms with van der Waals surface area (Å²) in [7, 11) is 0. The molecule has 0 spiro atoms. The summed E-state index contributed by atoms with van der Waals surface area (Å²) in [4.78, 5) is 11.9. The van der Waals surface area contributed by atoms with Crippen molar-refractivity contribution < 1.29 is 13.9 Å². The van der Waals surface area contributed by atoms with Gasteiger partial charge in [-0.1, -0.05) is 22.0 Å². The predicted molar refractivity (Wildman–Crippen MR) is 94.0 cm³/mol. The Bertz CT molecular complexity index is 556. The first-order chi connectivity index (χ1) is 10.4. The minimum Gasteiger partial charge on any atom is -0.444 e. The molecule has 1 atom stereocenters. The molecule has 1 amide bonds. The molecule has 23 heavy (non-hydrogen) atoms. The number of hydrogen-bond acceptors (Lipinski definition) is 3. The highest BCUT2D eigenvalue weighted by Crippen LogP contribution is 2.21. The second-order valence-corrected chi connectivity index (χ2v) is 8.19. The van der Waals surface area contributed by atoms with Gasteiger partial charge in [-0.25, -0.2) is 9.18 Å². The Morgan fingerprint density at radius 3 is 2.43 bits per heavy atom. The zero-order chi connectivity index (χ0) is 17.8. The SMILES string of the molecule is CC(NCC(C)(C)NC(=O)OC(C)(C)C)c1ccc(Br)cc1F. The second kappa shape index (κ2) is 7.62. The van der Waals surface area contributed by atoms with Crippen LogP contribution in [0.15, 0.2) is 22.7 Å². The molecule has 6 heteroatoms. The van der Waals surface area contributed by atoms with Gasteiger partial charge in [-0.15, -0.1) is 0 Å². The lowest BCUT2D eigenvalue weighted by molar-refractivity contribution is 0.0471. The van der Waals surface area contributed by atoms with Crippen LogP contribution in [0.4, 0.5) is 9.18 Å². The number of benzene rings is 1. The van der Waals surface area contributed by atoms with E-state index in [0.29, 0.717) is 16.6 Å². The summed E-state index contributed by atoms with van der Waals surface area (Å²) in [6.07, 6.45) is -0.466. The first kappa shape index (κ1) is 19.9. The average molecular weight is 389 g/mol. The van der Waals surface area contributed by atoms with E-state index in [1.807, 2.05) is 41.5 Å². The smallest absolute Gasteiger partial charge is 0.408 e. The molecule has 1 aromatic carbocycles. The van der Waals surface area contributed by atoms with Crippen LogP contribution in [-0.4, -0.2) is 23.8 Å². The van der Waals surface area contributed by atoms with Crippen molar-refractivity contribution in [3.63, 3.8) is 0 Å². The van der Waals surface area contributed by atoms with E-state index >= 15 is 0 Å². The highest BCUT2D eigenvalue weighted by molar-refractivity contribution is 9.10. The predicted octanol–water partition coefficient (Wildman–Crippen LogP) is 4.54. The minimum atomic E-state index is -0.540. The molecular weight excluding hydrogens is 363 g/mol. The van der Waals surface area contributed by atoms with Gasteiger partial charge in [0.15, 0.2) is 0 Å². The molecule has 0 radical (unpaired) electrons. The van der Waals surface area contributed by atoms with Gasteiger partial charge >= 0.3 is 6.09 Å². The quantitative estimate of drug-likeness (QED) is 0.777. The van der Waals surface area contributed by atoms with Crippen LogP contribution in [0.1, 0.15) is 53.1 Å². The lowest BCUT2D eigenvalue weighted by Crippen LogP contribution is -2.52. The fraction of sp³-hybridized carbons (Fsp3) is 0.588. The van der Waals surface area contributed by atoms with Crippen LogP contribution in [-0.2, 0) is 4.74 Å². The standard InChI is InChI=1S/C17H26BrFN2O2/c1-11(13-8-7-12(18)9-14(13)19)20-10-17(5,6)21-15(22)23-16(2,3)4/h7-9,11,20H,10H2,1-6H3,(H,21,22). The van der Waals surface area contributed by atoms with E-state index in [-0.39, 0.29) is 11.9 Å². The Balaban J connectivity index is 2.59. The molecule has 2 N–H and O–H groups in total. The fourth-order valence-electron chi connectivity index (χ4n) is 1.99. The van der Waals surface area contributed by atoms with Gasteiger partial charge in [0, 0.05) is 22.6 Å². The summed E-state index contributed by atoms with van der Waals surface area (Å²) in [6.45, 7) is 11.6. The molecule has 0 aliphatic heterocycles. The lowest BCUT2D eigenvalue weighted by atomic mass is 10.0. The number of amides is 1. The summed E-state index contributed by atoms with van der Waals surface area (Å²) in [5.41, 5.74) is -0.481. The number of carbonyl (C=O) groups is 1. The van der Waals surface area contributed by atoms with Gasteiger partial charge in [-0.05, 0) is 53.7 Å². The molecule has 0 heterocycles. The van der Waals surface area contributed by atoms with Crippen LogP contribution < -0.4 is 10.6 Å². The summed E-state index contributed by atoms with van der Waals surface area (Å²) in [5.74, 6) is -0.266. The monoisotopic (exact) mass is 388 g/mol. The van der Waals surface area contributed by atoms with Crippen molar-refractivity contribution in [3.8, 4) is 0 Å². The number of nitrogens with one attached hydrogen (secondary N) is 2. The third-order valence-electron chi connectivity index (χ3n) is 3.12. The van der Waals surface area contributed by atoms with Crippen molar-refractivity contribution >= 4 is 22.0 Å².